The number of halogens is 4. The van der Waals surface area contributed by atoms with Gasteiger partial charge >= 0.3 is 0 Å². The quantitative estimate of drug-likeness (QED) is 0.269. The molecule has 0 N–H and O–H groups in total. The van der Waals surface area contributed by atoms with Gasteiger partial charge in [-0.15, -0.1) is 0 Å². The lowest BCUT2D eigenvalue weighted by Crippen LogP contribution is -2.18. The van der Waals surface area contributed by atoms with Gasteiger partial charge in [0, 0.05) is 11.8 Å². The van der Waals surface area contributed by atoms with Crippen molar-refractivity contribution in [2.45, 2.75) is 103 Å². The van der Waals surface area contributed by atoms with E-state index < -0.39 is 11.7 Å². The summed E-state index contributed by atoms with van der Waals surface area (Å²) in [4.78, 5) is 0. The molecule has 0 amide bonds. The average molecular weight is 529 g/mol. The summed E-state index contributed by atoms with van der Waals surface area (Å²) in [5.41, 5.74) is 4.94. The third kappa shape index (κ3) is 7.30. The van der Waals surface area contributed by atoms with Gasteiger partial charge in [-0.05, 0) is 130 Å². The summed E-state index contributed by atoms with van der Waals surface area (Å²) in [5, 5.41) is 0. The Labute approximate surface area is 226 Å². The lowest BCUT2D eigenvalue weighted by molar-refractivity contribution is 0.245. The first-order valence-corrected chi connectivity index (χ1v) is 14.9. The molecule has 2 aromatic carbocycles. The van der Waals surface area contributed by atoms with Gasteiger partial charge in [-0.25, -0.2) is 13.2 Å². The Kier molecular flexibility index (Phi) is 10.5. The summed E-state index contributed by atoms with van der Waals surface area (Å²) >= 11 is 0. The monoisotopic (exact) mass is 528 g/mol. The fourth-order valence-corrected chi connectivity index (χ4v) is 6.70. The Bertz CT molecular complexity index is 1030. The largest absolute Gasteiger partial charge is 0.251 e. The minimum atomic E-state index is -0.461. The van der Waals surface area contributed by atoms with E-state index >= 15 is 4.39 Å². The highest BCUT2D eigenvalue weighted by Crippen LogP contribution is 2.43. The Balaban J connectivity index is 1.28. The van der Waals surface area contributed by atoms with Gasteiger partial charge in [0.15, 0.2) is 0 Å². The number of allylic oxidation sites excluding steroid dienone is 2. The summed E-state index contributed by atoms with van der Waals surface area (Å²) < 4.78 is 57.1. The fourth-order valence-electron chi connectivity index (χ4n) is 6.70. The van der Waals surface area contributed by atoms with Crippen LogP contribution in [0.25, 0.3) is 0 Å². The van der Waals surface area contributed by atoms with Gasteiger partial charge < -0.3 is 0 Å². The normalized spacial score (nSPS) is 24.8. The molecule has 0 bridgehead atoms. The lowest BCUT2D eigenvalue weighted by Gasteiger charge is -2.30. The van der Waals surface area contributed by atoms with E-state index in [1.54, 1.807) is 6.07 Å². The van der Waals surface area contributed by atoms with Crippen molar-refractivity contribution >= 4 is 0 Å². The first-order chi connectivity index (χ1) is 18.4. The molecule has 2 aliphatic rings. The highest BCUT2D eigenvalue weighted by molar-refractivity contribution is 5.34. The van der Waals surface area contributed by atoms with Crippen LogP contribution >= 0.6 is 0 Å². The fraction of sp³-hybridized carbons (Fsp3) is 0.588. The van der Waals surface area contributed by atoms with E-state index in [1.165, 1.54) is 5.56 Å². The second kappa shape index (κ2) is 13.8. The number of benzene rings is 2. The Morgan fingerprint density at radius 1 is 0.763 bits per heavy atom. The van der Waals surface area contributed by atoms with Gasteiger partial charge in [0.25, 0.3) is 0 Å². The second-order valence-corrected chi connectivity index (χ2v) is 11.8. The van der Waals surface area contributed by atoms with Crippen LogP contribution < -0.4 is 0 Å². The van der Waals surface area contributed by atoms with Crippen molar-refractivity contribution in [3.63, 3.8) is 0 Å². The van der Waals surface area contributed by atoms with Crippen molar-refractivity contribution in [1.82, 2.24) is 0 Å². The second-order valence-electron chi connectivity index (χ2n) is 11.8. The Morgan fingerprint density at radius 2 is 1.37 bits per heavy atom. The molecule has 0 atom stereocenters. The van der Waals surface area contributed by atoms with Crippen LogP contribution in [0.2, 0.25) is 0 Å². The standard InChI is InChI=1S/C34H44F4/c1-3-24-6-13-29(14-7-24)33(37)34(38)30-17-15-28(16-18-30)27-11-8-25(9-12-27)10-19-31-23(2)21-26(5-4-20-35)22-32(31)36/h8-9,11-12,21-22,24,28-30H,3-7,10,13-20H2,1-2H3. The van der Waals surface area contributed by atoms with Crippen LogP contribution in [0.1, 0.15) is 105 Å². The zero-order chi connectivity index (χ0) is 27.1. The number of alkyl halides is 1. The molecular weight excluding hydrogens is 484 g/mol. The smallest absolute Gasteiger partial charge is 0.135 e. The van der Waals surface area contributed by atoms with Crippen LogP contribution in [0.15, 0.2) is 48.1 Å². The number of hydrogen-bond donors (Lipinski definition) is 0. The molecule has 208 valence electrons. The molecule has 0 radical (unpaired) electrons. The maximum atomic E-state index is 15.0. The van der Waals surface area contributed by atoms with E-state index in [1.807, 2.05) is 13.0 Å². The van der Waals surface area contributed by atoms with Crippen LogP contribution in [0, 0.1) is 30.5 Å². The van der Waals surface area contributed by atoms with Gasteiger partial charge in [0.05, 0.1) is 6.67 Å². The molecule has 0 unspecified atom stereocenters. The topological polar surface area (TPSA) is 0 Å². The van der Waals surface area contributed by atoms with Crippen molar-refractivity contribution in [3.8, 4) is 0 Å². The summed E-state index contributed by atoms with van der Waals surface area (Å²) in [5.74, 6) is -0.521. The number of hydrogen-bond acceptors (Lipinski definition) is 0. The first kappa shape index (κ1) is 28.9. The van der Waals surface area contributed by atoms with Crippen molar-refractivity contribution in [2.75, 3.05) is 6.67 Å². The van der Waals surface area contributed by atoms with Crippen molar-refractivity contribution in [1.29, 1.82) is 0 Å². The summed E-state index contributed by atoms with van der Waals surface area (Å²) in [6.07, 6.45) is 10.3. The van der Waals surface area contributed by atoms with Gasteiger partial charge in [-0.1, -0.05) is 43.7 Å². The third-order valence-electron chi connectivity index (χ3n) is 9.29. The molecule has 0 aliphatic heterocycles. The summed E-state index contributed by atoms with van der Waals surface area (Å²) in [6.45, 7) is 3.73. The van der Waals surface area contributed by atoms with Gasteiger partial charge in [0.1, 0.15) is 17.5 Å². The zero-order valence-electron chi connectivity index (χ0n) is 23.2. The molecule has 38 heavy (non-hydrogen) atoms. The number of rotatable bonds is 10. The van der Waals surface area contributed by atoms with Crippen molar-refractivity contribution < 1.29 is 17.6 Å². The molecule has 4 rings (SSSR count). The average Bonchev–Trinajstić information content (AvgIpc) is 2.95. The van der Waals surface area contributed by atoms with Gasteiger partial charge in [-0.3, -0.25) is 4.39 Å². The molecule has 2 aromatic rings. The molecule has 0 saturated heterocycles. The molecule has 0 nitrogen and oxygen atoms in total. The van der Waals surface area contributed by atoms with E-state index in [0.717, 1.165) is 73.6 Å². The summed E-state index contributed by atoms with van der Waals surface area (Å²) in [6, 6.07) is 12.1. The van der Waals surface area contributed by atoms with E-state index in [4.69, 9.17) is 0 Å². The number of aryl methyl sites for hydroxylation is 3. The SMILES string of the molecule is CCC1CCC(C(F)=C(F)C2CCC(c3ccc(CCc4c(C)cc(CCCF)cc4F)cc3)CC2)CC1. The van der Waals surface area contributed by atoms with E-state index in [9.17, 15) is 13.2 Å². The first-order valence-electron chi connectivity index (χ1n) is 14.9. The van der Waals surface area contributed by atoms with Crippen LogP contribution in [-0.2, 0) is 19.3 Å². The van der Waals surface area contributed by atoms with Gasteiger partial charge in [0.2, 0.25) is 0 Å². The van der Waals surface area contributed by atoms with Crippen molar-refractivity contribution in [2.24, 2.45) is 17.8 Å². The minimum Gasteiger partial charge on any atom is -0.251 e. The summed E-state index contributed by atoms with van der Waals surface area (Å²) in [7, 11) is 0. The van der Waals surface area contributed by atoms with Crippen LogP contribution in [0.3, 0.4) is 0 Å². The molecule has 0 heterocycles. The highest BCUT2D eigenvalue weighted by Gasteiger charge is 2.31. The predicted octanol–water partition coefficient (Wildman–Crippen LogP) is 10.5. The molecular formula is C34H44F4. The highest BCUT2D eigenvalue weighted by atomic mass is 19.2. The molecule has 4 heteroatoms. The Hall–Kier alpha value is -2.10. The molecule has 0 aromatic heterocycles. The predicted molar refractivity (Wildman–Crippen MR) is 149 cm³/mol. The van der Waals surface area contributed by atoms with Crippen LogP contribution in [-0.4, -0.2) is 6.67 Å². The van der Waals surface area contributed by atoms with Crippen LogP contribution in [0.5, 0.6) is 0 Å². The minimum absolute atomic E-state index is 0.196. The Morgan fingerprint density at radius 3 is 1.92 bits per heavy atom. The van der Waals surface area contributed by atoms with Crippen LogP contribution in [0.4, 0.5) is 17.6 Å². The van der Waals surface area contributed by atoms with E-state index in [0.29, 0.717) is 43.9 Å². The van der Waals surface area contributed by atoms with Crippen molar-refractivity contribution in [3.05, 3.63) is 81.7 Å². The molecule has 2 fully saturated rings. The van der Waals surface area contributed by atoms with E-state index in [-0.39, 0.29) is 24.3 Å². The molecule has 0 spiro atoms. The molecule has 2 saturated carbocycles. The maximum Gasteiger partial charge on any atom is 0.135 e. The van der Waals surface area contributed by atoms with E-state index in [2.05, 4.69) is 31.2 Å². The molecule has 2 aliphatic carbocycles. The van der Waals surface area contributed by atoms with Gasteiger partial charge in [-0.2, -0.15) is 0 Å². The maximum absolute atomic E-state index is 15.0. The zero-order valence-corrected chi connectivity index (χ0v) is 23.2. The lowest BCUT2D eigenvalue weighted by atomic mass is 9.76. The third-order valence-corrected chi connectivity index (χ3v) is 9.29.